The van der Waals surface area contributed by atoms with Crippen molar-refractivity contribution in [1.29, 1.82) is 0 Å². The minimum absolute atomic E-state index is 0.0544. The van der Waals surface area contributed by atoms with Crippen molar-refractivity contribution in [2.24, 2.45) is 0 Å². The van der Waals surface area contributed by atoms with Crippen LogP contribution >= 0.6 is 0 Å². The SMILES string of the molecule is CC(C)N([SiH2][SiH3])c1ccccc1. The minimum atomic E-state index is 0.0544. The highest BCUT2D eigenvalue weighted by Crippen LogP contribution is 2.13. The highest BCUT2D eigenvalue weighted by atomic mass is 29.1. The molecular weight excluding hydrogens is 178 g/mol. The maximum absolute atomic E-state index is 2.58. The Morgan fingerprint density at radius 2 is 1.83 bits per heavy atom. The summed E-state index contributed by atoms with van der Waals surface area (Å²) in [5.74, 6) is 0. The summed E-state index contributed by atoms with van der Waals surface area (Å²) in [5, 5.41) is 0. The number of para-hydroxylation sites is 1. The van der Waals surface area contributed by atoms with Gasteiger partial charge >= 0.3 is 0 Å². The Balaban J connectivity index is 2.80. The van der Waals surface area contributed by atoms with E-state index in [4.69, 9.17) is 0 Å². The Labute approximate surface area is 79.9 Å². The quantitative estimate of drug-likeness (QED) is 0.626. The van der Waals surface area contributed by atoms with Crippen molar-refractivity contribution in [1.82, 2.24) is 0 Å². The van der Waals surface area contributed by atoms with Crippen LogP contribution in [0.25, 0.3) is 0 Å². The van der Waals surface area contributed by atoms with Crippen LogP contribution in [0.3, 0.4) is 0 Å². The van der Waals surface area contributed by atoms with E-state index < -0.39 is 0 Å². The lowest BCUT2D eigenvalue weighted by molar-refractivity contribution is 0.827. The molecule has 0 saturated carbocycles. The van der Waals surface area contributed by atoms with E-state index in [0.717, 1.165) is 0 Å². The van der Waals surface area contributed by atoms with E-state index in [1.54, 1.807) is 0 Å². The van der Waals surface area contributed by atoms with Crippen molar-refractivity contribution in [3.63, 3.8) is 0 Å². The molecule has 0 radical (unpaired) electrons. The molecule has 66 valence electrons. The lowest BCUT2D eigenvalue weighted by atomic mass is 10.3. The van der Waals surface area contributed by atoms with Gasteiger partial charge in [-0.3, -0.25) is 0 Å². The van der Waals surface area contributed by atoms with Gasteiger partial charge in [0, 0.05) is 21.5 Å². The van der Waals surface area contributed by atoms with Crippen LogP contribution in [0.15, 0.2) is 30.3 Å². The summed E-state index contributed by atoms with van der Waals surface area (Å²) in [7, 11) is 1.42. The fraction of sp³-hybridized carbons (Fsp3) is 0.333. The first-order valence-corrected chi connectivity index (χ1v) is 10.9. The van der Waals surface area contributed by atoms with Crippen LogP contribution in [-0.2, 0) is 0 Å². The lowest BCUT2D eigenvalue weighted by Gasteiger charge is -2.27. The summed E-state index contributed by atoms with van der Waals surface area (Å²) in [4.78, 5) is 0. The fourth-order valence-corrected chi connectivity index (χ4v) is 6.06. The van der Waals surface area contributed by atoms with Crippen LogP contribution in [0.1, 0.15) is 13.8 Å². The summed E-state index contributed by atoms with van der Waals surface area (Å²) in [6, 6.07) is 11.4. The van der Waals surface area contributed by atoms with Gasteiger partial charge in [-0.05, 0) is 26.0 Å². The predicted molar refractivity (Wildman–Crippen MR) is 62.5 cm³/mol. The molecule has 0 heterocycles. The largest absolute Gasteiger partial charge is 0.404 e. The van der Waals surface area contributed by atoms with Gasteiger partial charge in [-0.2, -0.15) is 0 Å². The van der Waals surface area contributed by atoms with Gasteiger partial charge in [0.25, 0.3) is 0 Å². The van der Waals surface area contributed by atoms with E-state index in [1.807, 2.05) is 0 Å². The molecule has 1 nitrogen and oxygen atoms in total. The van der Waals surface area contributed by atoms with Crippen LogP contribution in [0.5, 0.6) is 0 Å². The molecule has 1 aromatic rings. The van der Waals surface area contributed by atoms with Gasteiger partial charge in [-0.15, -0.1) is 0 Å². The average Bonchev–Trinajstić information content (AvgIpc) is 2.07. The van der Waals surface area contributed by atoms with E-state index in [-0.39, 0.29) is 9.20 Å². The Kier molecular flexibility index (Phi) is 3.56. The van der Waals surface area contributed by atoms with Gasteiger partial charge in [-0.1, -0.05) is 18.2 Å². The second-order valence-corrected chi connectivity index (χ2v) is 6.43. The number of hydrogen-bond acceptors (Lipinski definition) is 1. The molecule has 0 aliphatic carbocycles. The topological polar surface area (TPSA) is 3.24 Å². The maximum Gasteiger partial charge on any atom is 0.103 e. The van der Waals surface area contributed by atoms with Crippen molar-refractivity contribution in [2.45, 2.75) is 19.9 Å². The third kappa shape index (κ3) is 2.22. The van der Waals surface area contributed by atoms with Crippen molar-refractivity contribution >= 4 is 24.6 Å². The van der Waals surface area contributed by atoms with Crippen LogP contribution in [0.2, 0.25) is 0 Å². The summed E-state index contributed by atoms with van der Waals surface area (Å²) in [6.45, 7) is 4.55. The highest BCUT2D eigenvalue weighted by molar-refractivity contribution is 6.91. The number of anilines is 1. The normalized spacial score (nSPS) is 11.6. The second-order valence-electron chi connectivity index (χ2n) is 3.22. The Hall–Kier alpha value is -0.546. The maximum atomic E-state index is 2.58. The van der Waals surface area contributed by atoms with Gasteiger partial charge in [0.15, 0.2) is 0 Å². The monoisotopic (exact) mass is 195 g/mol. The number of hydrogen-bond donors (Lipinski definition) is 0. The van der Waals surface area contributed by atoms with Crippen molar-refractivity contribution in [3.8, 4) is 0 Å². The molecule has 0 N–H and O–H groups in total. The Morgan fingerprint density at radius 1 is 1.25 bits per heavy atom. The molecule has 0 unspecified atom stereocenters. The first-order valence-electron chi connectivity index (χ1n) is 4.57. The molecule has 1 rings (SSSR count). The summed E-state index contributed by atoms with van der Waals surface area (Å²) >= 11 is 0. The Bertz CT molecular complexity index is 223. The smallest absolute Gasteiger partial charge is 0.103 e. The number of rotatable bonds is 3. The lowest BCUT2D eigenvalue weighted by Crippen LogP contribution is -2.34. The molecule has 1 aromatic carbocycles. The van der Waals surface area contributed by atoms with Crippen LogP contribution in [0.4, 0.5) is 5.69 Å². The average molecular weight is 195 g/mol. The molecule has 0 bridgehead atoms. The highest BCUT2D eigenvalue weighted by Gasteiger charge is 2.05. The molecular formula is C9H17NSi2. The first-order chi connectivity index (χ1) is 5.75. The second kappa shape index (κ2) is 4.47. The zero-order valence-corrected chi connectivity index (χ0v) is 11.5. The molecule has 0 aliphatic heterocycles. The van der Waals surface area contributed by atoms with Gasteiger partial charge in [0.1, 0.15) is 9.20 Å². The van der Waals surface area contributed by atoms with Crippen molar-refractivity contribution < 1.29 is 0 Å². The van der Waals surface area contributed by atoms with E-state index in [0.29, 0.717) is 6.04 Å². The van der Waals surface area contributed by atoms with Gasteiger partial charge in [0.2, 0.25) is 0 Å². The summed E-state index contributed by atoms with van der Waals surface area (Å²) in [5.41, 5.74) is 1.41. The molecule has 0 atom stereocenters. The molecule has 0 fully saturated rings. The summed E-state index contributed by atoms with van der Waals surface area (Å²) < 4.78 is 2.58. The molecule has 3 heteroatoms. The van der Waals surface area contributed by atoms with Crippen LogP contribution < -0.4 is 4.57 Å². The van der Waals surface area contributed by atoms with Crippen LogP contribution in [0, 0.1) is 0 Å². The molecule has 12 heavy (non-hydrogen) atoms. The first kappa shape index (κ1) is 9.54. The Morgan fingerprint density at radius 3 is 2.25 bits per heavy atom. The number of nitrogens with zero attached hydrogens (tertiary/aromatic N) is 1. The van der Waals surface area contributed by atoms with Gasteiger partial charge in [-0.25, -0.2) is 0 Å². The number of benzene rings is 1. The van der Waals surface area contributed by atoms with Crippen LogP contribution in [-0.4, -0.2) is 25.0 Å². The predicted octanol–water partition coefficient (Wildman–Crippen LogP) is 0.266. The fourth-order valence-electron chi connectivity index (χ4n) is 1.47. The molecule has 0 saturated heterocycles. The molecule has 0 spiro atoms. The zero-order chi connectivity index (χ0) is 8.97. The minimum Gasteiger partial charge on any atom is -0.404 e. The molecule has 0 amide bonds. The van der Waals surface area contributed by atoms with Crippen molar-refractivity contribution in [2.75, 3.05) is 4.57 Å². The third-order valence-corrected chi connectivity index (χ3v) is 5.87. The molecule has 0 aliphatic rings. The van der Waals surface area contributed by atoms with Gasteiger partial charge < -0.3 is 4.57 Å². The van der Waals surface area contributed by atoms with Crippen molar-refractivity contribution in [3.05, 3.63) is 30.3 Å². The third-order valence-electron chi connectivity index (χ3n) is 2.05. The van der Waals surface area contributed by atoms with E-state index in [9.17, 15) is 0 Å². The summed E-state index contributed by atoms with van der Waals surface area (Å²) in [6.07, 6.45) is 0. The zero-order valence-electron chi connectivity index (χ0n) is 8.12. The van der Waals surface area contributed by atoms with E-state index >= 15 is 0 Å². The van der Waals surface area contributed by atoms with E-state index in [1.165, 1.54) is 15.4 Å². The standard InChI is InChI=1S/C9H17NSi2/c1-8(2)10(12-11)9-6-4-3-5-7-9/h3-8H,12H2,1-2,11H3. The van der Waals surface area contributed by atoms with E-state index in [2.05, 4.69) is 48.7 Å². The van der Waals surface area contributed by atoms with Gasteiger partial charge in [0.05, 0.1) is 0 Å². The molecule has 0 aromatic heterocycles.